The fourth-order valence-corrected chi connectivity index (χ4v) is 4.73. The van der Waals surface area contributed by atoms with Crippen molar-refractivity contribution in [3.63, 3.8) is 0 Å². The summed E-state index contributed by atoms with van der Waals surface area (Å²) in [5.41, 5.74) is 3.12. The number of carbonyl (C=O) groups is 2. The maximum Gasteiger partial charge on any atom is 0.281 e. The van der Waals surface area contributed by atoms with Gasteiger partial charge in [0, 0.05) is 42.8 Å². The first-order valence-electron chi connectivity index (χ1n) is 10.8. The van der Waals surface area contributed by atoms with Crippen molar-refractivity contribution in [1.82, 2.24) is 14.4 Å². The molecular weight excluding hydrogens is 420 g/mol. The third-order valence-electron chi connectivity index (χ3n) is 6.15. The van der Waals surface area contributed by atoms with Crippen LogP contribution in [0.15, 0.2) is 66.5 Å². The second kappa shape index (κ2) is 8.24. The Labute approximate surface area is 192 Å². The molecule has 0 radical (unpaired) electrons. The van der Waals surface area contributed by atoms with Gasteiger partial charge in [0.2, 0.25) is 5.91 Å². The summed E-state index contributed by atoms with van der Waals surface area (Å²) in [6.07, 6.45) is 5.97. The average molecular weight is 445 g/mol. The molecule has 0 bridgehead atoms. The maximum absolute atomic E-state index is 13.3. The number of amides is 2. The molecule has 0 unspecified atom stereocenters. The fraction of sp³-hybridized carbons (Fsp3) is 0.240. The Hall–Kier alpha value is -3.45. The molecule has 32 heavy (non-hydrogen) atoms. The standard InChI is InChI=1S/C25H24N4O2S/c1-26-22(24(31)29(25(26)32)19-9-3-2-4-10-19)15-18-16-28(21-12-6-5-11-20(18)21)17-23(30)27-13-7-8-14-27/h2-6,9-12,15-16H,7-8,13-14,17H2,1H3/b22-15-. The number of aromatic nitrogens is 1. The van der Waals surface area contributed by atoms with Crippen molar-refractivity contribution in [3.05, 3.63) is 72.1 Å². The molecule has 0 N–H and O–H groups in total. The number of para-hydroxylation sites is 2. The number of hydrogen-bond acceptors (Lipinski definition) is 3. The van der Waals surface area contributed by atoms with E-state index < -0.39 is 0 Å². The monoisotopic (exact) mass is 444 g/mol. The zero-order valence-corrected chi connectivity index (χ0v) is 18.7. The summed E-state index contributed by atoms with van der Waals surface area (Å²) in [5.74, 6) is -0.0263. The lowest BCUT2D eigenvalue weighted by Crippen LogP contribution is -2.30. The molecule has 2 aliphatic heterocycles. The molecule has 1 aromatic heterocycles. The summed E-state index contributed by atoms with van der Waals surface area (Å²) in [5, 5.41) is 1.44. The quantitative estimate of drug-likeness (QED) is 0.453. The molecule has 0 saturated carbocycles. The van der Waals surface area contributed by atoms with Crippen LogP contribution >= 0.6 is 12.2 Å². The zero-order valence-electron chi connectivity index (χ0n) is 17.9. The van der Waals surface area contributed by atoms with Crippen LogP contribution in [0.3, 0.4) is 0 Å². The van der Waals surface area contributed by atoms with Crippen LogP contribution in [0.5, 0.6) is 0 Å². The van der Waals surface area contributed by atoms with Gasteiger partial charge in [-0.15, -0.1) is 0 Å². The van der Waals surface area contributed by atoms with Crippen LogP contribution in [0, 0.1) is 0 Å². The van der Waals surface area contributed by atoms with Crippen LogP contribution in [-0.2, 0) is 16.1 Å². The molecule has 2 fully saturated rings. The van der Waals surface area contributed by atoms with Gasteiger partial charge in [0.15, 0.2) is 5.11 Å². The summed E-state index contributed by atoms with van der Waals surface area (Å²) in [7, 11) is 1.81. The lowest BCUT2D eigenvalue weighted by Gasteiger charge is -2.16. The van der Waals surface area contributed by atoms with Crippen LogP contribution in [-0.4, -0.2) is 51.4 Å². The molecular formula is C25H24N4O2S. The number of thiocarbonyl (C=S) groups is 1. The lowest BCUT2D eigenvalue weighted by atomic mass is 10.1. The number of likely N-dealkylation sites (tertiary alicyclic amines) is 1. The Morgan fingerprint density at radius 1 is 1.03 bits per heavy atom. The Balaban J connectivity index is 1.51. The van der Waals surface area contributed by atoms with E-state index >= 15 is 0 Å². The van der Waals surface area contributed by atoms with Gasteiger partial charge >= 0.3 is 0 Å². The Morgan fingerprint density at radius 2 is 1.72 bits per heavy atom. The first kappa shape index (κ1) is 20.5. The van der Waals surface area contributed by atoms with Gasteiger partial charge in [-0.25, -0.2) is 0 Å². The van der Waals surface area contributed by atoms with Crippen LogP contribution in [0.25, 0.3) is 17.0 Å². The highest BCUT2D eigenvalue weighted by Gasteiger charge is 2.36. The minimum Gasteiger partial charge on any atom is -0.341 e. The van der Waals surface area contributed by atoms with E-state index in [4.69, 9.17) is 12.2 Å². The van der Waals surface area contributed by atoms with E-state index in [0.29, 0.717) is 17.4 Å². The highest BCUT2D eigenvalue weighted by Crippen LogP contribution is 2.30. The summed E-state index contributed by atoms with van der Waals surface area (Å²) in [4.78, 5) is 31.3. The van der Waals surface area contributed by atoms with E-state index in [0.717, 1.165) is 48.1 Å². The van der Waals surface area contributed by atoms with E-state index in [1.54, 1.807) is 9.80 Å². The topological polar surface area (TPSA) is 48.8 Å². The lowest BCUT2D eigenvalue weighted by molar-refractivity contribution is -0.130. The SMILES string of the molecule is CN1C(=S)N(c2ccccc2)C(=O)/C1=C/c1cn(CC(=O)N2CCCC2)c2ccccc12. The van der Waals surface area contributed by atoms with Crippen molar-refractivity contribution in [3.8, 4) is 0 Å². The van der Waals surface area contributed by atoms with Crippen molar-refractivity contribution in [2.24, 2.45) is 0 Å². The predicted molar refractivity (Wildman–Crippen MR) is 130 cm³/mol. The molecule has 2 aliphatic rings. The molecule has 6 nitrogen and oxygen atoms in total. The Kier molecular flexibility index (Phi) is 5.27. The number of nitrogens with zero attached hydrogens (tertiary/aromatic N) is 4. The third kappa shape index (κ3) is 3.48. The Bertz CT molecular complexity index is 1240. The first-order valence-corrected chi connectivity index (χ1v) is 11.2. The van der Waals surface area contributed by atoms with Crippen molar-refractivity contribution >= 4 is 51.8 Å². The molecule has 0 aliphatic carbocycles. The van der Waals surface area contributed by atoms with Crippen LogP contribution in [0.2, 0.25) is 0 Å². The van der Waals surface area contributed by atoms with E-state index in [9.17, 15) is 9.59 Å². The molecule has 162 valence electrons. The second-order valence-electron chi connectivity index (χ2n) is 8.16. The van der Waals surface area contributed by atoms with E-state index in [1.165, 1.54) is 0 Å². The number of likely N-dealkylation sites (N-methyl/N-ethyl adjacent to an activating group) is 1. The second-order valence-corrected chi connectivity index (χ2v) is 8.53. The minimum atomic E-state index is -0.159. The molecule has 0 atom stereocenters. The zero-order chi connectivity index (χ0) is 22.2. The molecule has 3 aromatic rings. The van der Waals surface area contributed by atoms with Gasteiger partial charge in [-0.3, -0.25) is 14.5 Å². The van der Waals surface area contributed by atoms with Gasteiger partial charge in [0.1, 0.15) is 12.2 Å². The predicted octanol–water partition coefficient (Wildman–Crippen LogP) is 3.87. The molecule has 2 aromatic carbocycles. The third-order valence-corrected chi connectivity index (χ3v) is 6.61. The van der Waals surface area contributed by atoms with Crippen molar-refractivity contribution < 1.29 is 9.59 Å². The molecule has 0 spiro atoms. The fourth-order valence-electron chi connectivity index (χ4n) is 4.44. The first-order chi connectivity index (χ1) is 15.5. The van der Waals surface area contributed by atoms with E-state index in [2.05, 4.69) is 0 Å². The maximum atomic E-state index is 13.3. The number of carbonyl (C=O) groups excluding carboxylic acids is 2. The normalized spacial score (nSPS) is 17.9. The summed E-state index contributed by atoms with van der Waals surface area (Å²) < 4.78 is 1.98. The van der Waals surface area contributed by atoms with Gasteiger partial charge in [0.05, 0.1) is 5.69 Å². The van der Waals surface area contributed by atoms with Gasteiger partial charge in [-0.2, -0.15) is 0 Å². The minimum absolute atomic E-state index is 0.132. The number of hydrogen-bond donors (Lipinski definition) is 0. The van der Waals surface area contributed by atoms with Crippen molar-refractivity contribution in [2.45, 2.75) is 19.4 Å². The summed E-state index contributed by atoms with van der Waals surface area (Å²) in [6.45, 7) is 1.96. The van der Waals surface area contributed by atoms with E-state index in [1.807, 2.05) is 83.4 Å². The van der Waals surface area contributed by atoms with Gasteiger partial charge < -0.3 is 14.4 Å². The highest BCUT2D eigenvalue weighted by molar-refractivity contribution is 7.80. The number of anilines is 1. The van der Waals surface area contributed by atoms with Gasteiger partial charge in [0.25, 0.3) is 5.91 Å². The molecule has 2 saturated heterocycles. The smallest absolute Gasteiger partial charge is 0.281 e. The van der Waals surface area contributed by atoms with E-state index in [-0.39, 0.29) is 11.8 Å². The largest absolute Gasteiger partial charge is 0.341 e. The van der Waals surface area contributed by atoms with Crippen molar-refractivity contribution in [1.29, 1.82) is 0 Å². The van der Waals surface area contributed by atoms with Gasteiger partial charge in [-0.05, 0) is 49.3 Å². The van der Waals surface area contributed by atoms with Gasteiger partial charge in [-0.1, -0.05) is 36.4 Å². The number of fused-ring (bicyclic) bond motifs is 1. The molecule has 3 heterocycles. The number of benzene rings is 2. The van der Waals surface area contributed by atoms with Crippen LogP contribution in [0.4, 0.5) is 5.69 Å². The highest BCUT2D eigenvalue weighted by atomic mass is 32.1. The molecule has 5 rings (SSSR count). The summed E-state index contributed by atoms with van der Waals surface area (Å²) in [6, 6.07) is 17.4. The summed E-state index contributed by atoms with van der Waals surface area (Å²) >= 11 is 5.57. The molecule has 2 amide bonds. The Morgan fingerprint density at radius 3 is 2.47 bits per heavy atom. The van der Waals surface area contributed by atoms with Crippen LogP contribution in [0.1, 0.15) is 18.4 Å². The van der Waals surface area contributed by atoms with Crippen molar-refractivity contribution in [2.75, 3.05) is 25.0 Å². The molecule has 7 heteroatoms. The van der Waals surface area contributed by atoms with Crippen LogP contribution < -0.4 is 4.90 Å². The average Bonchev–Trinajstić information content (AvgIpc) is 3.51. The number of rotatable bonds is 4.